The van der Waals surface area contributed by atoms with E-state index in [-0.39, 0.29) is 24.0 Å². The number of likely N-dealkylation sites (N-methyl/N-ethyl adjacent to an activating group) is 1. The second kappa shape index (κ2) is 14.8. The zero-order valence-corrected chi connectivity index (χ0v) is 28.3. The number of aliphatic hydroxyl groups is 1. The predicted octanol–water partition coefficient (Wildman–Crippen LogP) is 5.31. The summed E-state index contributed by atoms with van der Waals surface area (Å²) in [4.78, 5) is 38.1. The van der Waals surface area contributed by atoms with Crippen molar-refractivity contribution in [3.63, 3.8) is 0 Å². The number of hydrogen-bond donors (Lipinski definition) is 3. The van der Waals surface area contributed by atoms with Crippen LogP contribution in [0, 0.1) is 6.92 Å². The molecule has 2 atom stereocenters. The zero-order valence-electron chi connectivity index (χ0n) is 27.5. The van der Waals surface area contributed by atoms with Crippen molar-refractivity contribution >= 4 is 29.1 Å². The summed E-state index contributed by atoms with van der Waals surface area (Å²) in [5.74, 6) is 0.610. The number of halogens is 1. The highest BCUT2D eigenvalue weighted by atomic mass is 35.5. The van der Waals surface area contributed by atoms with E-state index in [4.69, 9.17) is 16.3 Å². The number of carbonyl (C=O) groups excluding carboxylic acids is 2. The van der Waals surface area contributed by atoms with E-state index in [9.17, 15) is 14.7 Å². The molecule has 11 heteroatoms. The van der Waals surface area contributed by atoms with Crippen molar-refractivity contribution in [2.75, 3.05) is 39.1 Å². The molecule has 0 aliphatic carbocycles. The van der Waals surface area contributed by atoms with Gasteiger partial charge in [0.05, 0.1) is 23.9 Å². The maximum Gasteiger partial charge on any atom is 0.274 e. The van der Waals surface area contributed by atoms with Crippen molar-refractivity contribution < 1.29 is 19.4 Å². The Hall–Kier alpha value is -4.35. The Morgan fingerprint density at radius 2 is 1.96 bits per heavy atom. The van der Waals surface area contributed by atoms with Crippen LogP contribution in [-0.2, 0) is 17.9 Å². The van der Waals surface area contributed by atoms with Gasteiger partial charge >= 0.3 is 0 Å². The van der Waals surface area contributed by atoms with Gasteiger partial charge in [-0.3, -0.25) is 24.5 Å². The van der Waals surface area contributed by atoms with E-state index in [1.165, 1.54) is 0 Å². The SMILES string of the molecule is COc1cc(-c2nccc(-c3cccc(NC(=O)c4ccc(CN5CCC(O)C5)cn4)c3C)c2Cl)ccc1CNCC1CCC(=O)N1C. The van der Waals surface area contributed by atoms with E-state index in [2.05, 4.69) is 25.5 Å². The molecule has 4 heterocycles. The van der Waals surface area contributed by atoms with Gasteiger partial charge in [-0.05, 0) is 60.7 Å². The second-order valence-corrected chi connectivity index (χ2v) is 12.9. The van der Waals surface area contributed by atoms with Crippen LogP contribution in [0.25, 0.3) is 22.4 Å². The van der Waals surface area contributed by atoms with Gasteiger partial charge in [-0.1, -0.05) is 41.9 Å². The fraction of sp³-hybridized carbons (Fsp3) is 0.351. The quantitative estimate of drug-likeness (QED) is 0.197. The molecular weight excluding hydrogens is 628 g/mol. The number of carbonyl (C=O) groups is 2. The lowest BCUT2D eigenvalue weighted by molar-refractivity contribution is -0.127. The van der Waals surface area contributed by atoms with Crippen LogP contribution < -0.4 is 15.4 Å². The number of likely N-dealkylation sites (tertiary alicyclic amines) is 2. The molecule has 2 saturated heterocycles. The summed E-state index contributed by atoms with van der Waals surface area (Å²) < 4.78 is 5.74. The van der Waals surface area contributed by atoms with Crippen LogP contribution in [0.4, 0.5) is 5.69 Å². The van der Waals surface area contributed by atoms with Crippen LogP contribution in [0.2, 0.25) is 5.02 Å². The molecule has 48 heavy (non-hydrogen) atoms. The molecule has 0 spiro atoms. The number of aliphatic hydroxyl groups excluding tert-OH is 1. The van der Waals surface area contributed by atoms with Gasteiger partial charge in [0.15, 0.2) is 0 Å². The highest BCUT2D eigenvalue weighted by molar-refractivity contribution is 6.35. The number of methoxy groups -OCH3 is 1. The van der Waals surface area contributed by atoms with Gasteiger partial charge in [0, 0.05) is 87.0 Å². The van der Waals surface area contributed by atoms with Crippen LogP contribution in [0.5, 0.6) is 5.75 Å². The smallest absolute Gasteiger partial charge is 0.274 e. The summed E-state index contributed by atoms with van der Waals surface area (Å²) in [6, 6.07) is 17.4. The second-order valence-electron chi connectivity index (χ2n) is 12.5. The van der Waals surface area contributed by atoms with E-state index in [1.807, 2.05) is 67.4 Å². The third kappa shape index (κ3) is 7.37. The number of nitrogens with one attached hydrogen (secondary N) is 2. The lowest BCUT2D eigenvalue weighted by Crippen LogP contribution is -2.37. The molecule has 3 N–H and O–H groups in total. The van der Waals surface area contributed by atoms with E-state index in [0.29, 0.717) is 48.2 Å². The number of aromatic nitrogens is 2. The first-order valence-corrected chi connectivity index (χ1v) is 16.6. The van der Waals surface area contributed by atoms with Crippen molar-refractivity contribution in [1.29, 1.82) is 0 Å². The molecule has 6 rings (SSSR count). The molecule has 250 valence electrons. The molecule has 4 aromatic rings. The number of benzene rings is 2. The largest absolute Gasteiger partial charge is 0.496 e. The topological polar surface area (TPSA) is 120 Å². The molecule has 2 aromatic heterocycles. The Morgan fingerprint density at radius 3 is 2.67 bits per heavy atom. The lowest BCUT2D eigenvalue weighted by atomic mass is 9.97. The van der Waals surface area contributed by atoms with Crippen LogP contribution in [0.3, 0.4) is 0 Å². The number of anilines is 1. The normalized spacial score (nSPS) is 18.0. The minimum absolute atomic E-state index is 0.192. The first-order chi connectivity index (χ1) is 23.2. The highest BCUT2D eigenvalue weighted by Crippen LogP contribution is 2.39. The Bertz CT molecular complexity index is 1800. The molecule has 0 radical (unpaired) electrons. The molecule has 0 saturated carbocycles. The maximum absolute atomic E-state index is 13.2. The molecular formula is C37H41ClN6O4. The number of β-amino-alcohol motifs (C(OH)–C–C–N with tert-alkyl or cyclic N) is 1. The van der Waals surface area contributed by atoms with Gasteiger partial charge in [-0.25, -0.2) is 0 Å². The number of amides is 2. The standard InChI is InChI=1S/C37H41ClN6O4/c1-23-29(5-4-6-31(23)42-37(47)32-11-7-24(18-41-32)21-44-16-14-28(45)22-44)30-13-15-40-36(35(30)38)25-8-9-26(33(17-25)48-3)19-39-20-27-10-12-34(46)43(27)2/h4-9,11,13,15,17-18,27-28,39,45H,10,12,14,16,19-22H2,1-3H3,(H,42,47). The third-order valence-electron chi connectivity index (χ3n) is 9.36. The summed E-state index contributed by atoms with van der Waals surface area (Å²) in [6.07, 6.45) is 5.43. The molecule has 2 aliphatic heterocycles. The van der Waals surface area contributed by atoms with E-state index < -0.39 is 0 Å². The fourth-order valence-electron chi connectivity index (χ4n) is 6.48. The fourth-order valence-corrected chi connectivity index (χ4v) is 6.81. The Kier molecular flexibility index (Phi) is 10.4. The maximum atomic E-state index is 13.2. The first-order valence-electron chi connectivity index (χ1n) is 16.3. The minimum atomic E-state index is -0.301. The van der Waals surface area contributed by atoms with Crippen LogP contribution in [0.1, 0.15) is 46.4 Å². The minimum Gasteiger partial charge on any atom is -0.496 e. The highest BCUT2D eigenvalue weighted by Gasteiger charge is 2.27. The van der Waals surface area contributed by atoms with Gasteiger partial charge in [-0.2, -0.15) is 0 Å². The summed E-state index contributed by atoms with van der Waals surface area (Å²) in [5, 5.41) is 16.8. The molecule has 0 bridgehead atoms. The Balaban J connectivity index is 1.16. The molecule has 2 unspecified atom stereocenters. The van der Waals surface area contributed by atoms with Crippen molar-refractivity contribution in [3.8, 4) is 28.1 Å². The van der Waals surface area contributed by atoms with Crippen LogP contribution in [0.15, 0.2) is 67.0 Å². The van der Waals surface area contributed by atoms with E-state index >= 15 is 0 Å². The predicted molar refractivity (Wildman–Crippen MR) is 187 cm³/mol. The average Bonchev–Trinajstić information content (AvgIpc) is 3.65. The third-order valence-corrected chi connectivity index (χ3v) is 9.74. The summed E-state index contributed by atoms with van der Waals surface area (Å²) in [7, 11) is 3.50. The van der Waals surface area contributed by atoms with Crippen LogP contribution in [-0.4, -0.2) is 82.6 Å². The number of nitrogens with zero attached hydrogens (tertiary/aromatic N) is 4. The van der Waals surface area contributed by atoms with Crippen molar-refractivity contribution in [2.45, 2.75) is 51.4 Å². The summed E-state index contributed by atoms with van der Waals surface area (Å²) >= 11 is 7.04. The molecule has 10 nitrogen and oxygen atoms in total. The average molecular weight is 669 g/mol. The van der Waals surface area contributed by atoms with Gasteiger partial charge in [-0.15, -0.1) is 0 Å². The lowest BCUT2D eigenvalue weighted by Gasteiger charge is -2.20. The molecule has 2 aromatic carbocycles. The van der Waals surface area contributed by atoms with Gasteiger partial charge < -0.3 is 25.4 Å². The number of ether oxygens (including phenoxy) is 1. The monoisotopic (exact) mass is 668 g/mol. The number of rotatable bonds is 11. The van der Waals surface area contributed by atoms with Gasteiger partial charge in [0.25, 0.3) is 5.91 Å². The molecule has 2 amide bonds. The molecule has 2 aliphatic rings. The van der Waals surface area contributed by atoms with E-state index in [1.54, 1.807) is 25.6 Å². The first kappa shape index (κ1) is 33.5. The van der Waals surface area contributed by atoms with Crippen molar-refractivity contribution in [3.05, 3.63) is 94.4 Å². The van der Waals surface area contributed by atoms with Gasteiger partial charge in [0.1, 0.15) is 11.4 Å². The molecule has 2 fully saturated rings. The summed E-state index contributed by atoms with van der Waals surface area (Å²) in [5.41, 5.74) is 6.96. The Labute approximate surface area is 286 Å². The summed E-state index contributed by atoms with van der Waals surface area (Å²) in [6.45, 7) is 5.47. The van der Waals surface area contributed by atoms with Gasteiger partial charge in [0.2, 0.25) is 5.91 Å². The van der Waals surface area contributed by atoms with Crippen LogP contribution >= 0.6 is 11.6 Å². The van der Waals surface area contributed by atoms with E-state index in [0.717, 1.165) is 65.1 Å². The van der Waals surface area contributed by atoms with Crippen molar-refractivity contribution in [1.82, 2.24) is 25.1 Å². The number of pyridine rings is 2. The number of hydrogen-bond acceptors (Lipinski definition) is 8. The Morgan fingerprint density at radius 1 is 1.10 bits per heavy atom. The zero-order chi connectivity index (χ0) is 33.8. The van der Waals surface area contributed by atoms with Crippen molar-refractivity contribution in [2.24, 2.45) is 0 Å².